The Morgan fingerprint density at radius 2 is 0.706 bits per heavy atom. The Morgan fingerprint density at radius 3 is 1.21 bits per heavy atom. The van der Waals surface area contributed by atoms with Gasteiger partial charge in [0.05, 0.1) is 40.9 Å². The van der Waals surface area contributed by atoms with E-state index in [2.05, 4.69) is 251 Å². The number of benzene rings is 9. The zero-order chi connectivity index (χ0) is 44.7. The van der Waals surface area contributed by atoms with Crippen molar-refractivity contribution < 1.29 is 0 Å². The largest absolute Gasteiger partial charge is 0.306 e. The van der Waals surface area contributed by atoms with Crippen molar-refractivity contribution in [1.82, 2.24) is 9.13 Å². The molecule has 14 aromatic rings. The molecule has 5 heterocycles. The quantitative estimate of drug-likeness (QED) is 0.148. The summed E-state index contributed by atoms with van der Waals surface area (Å²) in [6.07, 6.45) is 0. The highest BCUT2D eigenvalue weighted by molar-refractivity contribution is 7.35. The standard InChI is InChI=1S/C62H39N3S3/c1-4-14-40(15-5-1)44-24-30-49(31-25-44)63(50-32-26-45(27-33-50)41-16-6-2-7-17-41)56-39-54-60(67-56)62-58(65(54)52-35-29-43-19-11-13-23-48(43)37-52)57-61(68-62)59-53(38-55(66-59)46-20-8-3-9-21-46)64(57)51-34-28-42-18-10-12-22-47(42)36-51/h1-39H. The van der Waals surface area contributed by atoms with Crippen molar-refractivity contribution in [3.63, 3.8) is 0 Å². The Labute approximate surface area is 404 Å². The van der Waals surface area contributed by atoms with Crippen LogP contribution in [0, 0.1) is 0 Å². The van der Waals surface area contributed by atoms with E-state index in [0.29, 0.717) is 0 Å². The van der Waals surface area contributed by atoms with Gasteiger partial charge in [-0.25, -0.2) is 0 Å². The van der Waals surface area contributed by atoms with Crippen LogP contribution in [0.2, 0.25) is 0 Å². The molecule has 0 aliphatic rings. The van der Waals surface area contributed by atoms with E-state index in [9.17, 15) is 0 Å². The minimum Gasteiger partial charge on any atom is -0.306 e. The van der Waals surface area contributed by atoms with Crippen molar-refractivity contribution in [1.29, 1.82) is 0 Å². The number of hydrogen-bond donors (Lipinski definition) is 0. The number of anilines is 3. The topological polar surface area (TPSA) is 13.1 Å². The lowest BCUT2D eigenvalue weighted by Gasteiger charge is -2.24. The maximum atomic E-state index is 2.56. The first-order valence-corrected chi connectivity index (χ1v) is 25.3. The second-order valence-corrected chi connectivity index (χ2v) is 20.4. The summed E-state index contributed by atoms with van der Waals surface area (Å²) in [5, 5.41) is 6.08. The number of thiophene rings is 3. The van der Waals surface area contributed by atoms with E-state index in [4.69, 9.17) is 0 Å². The summed E-state index contributed by atoms with van der Waals surface area (Å²) in [6, 6.07) is 86.4. The van der Waals surface area contributed by atoms with Gasteiger partial charge in [-0.05, 0) is 110 Å². The third-order valence-electron chi connectivity index (χ3n) is 13.3. The van der Waals surface area contributed by atoms with Crippen LogP contribution in [0.25, 0.3) is 106 Å². The van der Waals surface area contributed by atoms with Crippen molar-refractivity contribution in [3.05, 3.63) is 237 Å². The molecule has 5 aromatic heterocycles. The molecular weight excluding hydrogens is 883 g/mol. The molecule has 0 saturated heterocycles. The molecule has 68 heavy (non-hydrogen) atoms. The minimum atomic E-state index is 1.11. The monoisotopic (exact) mass is 921 g/mol. The molecule has 0 aliphatic heterocycles. The second-order valence-electron chi connectivity index (χ2n) is 17.3. The van der Waals surface area contributed by atoms with Gasteiger partial charge in [-0.2, -0.15) is 0 Å². The Hall–Kier alpha value is -8.00. The second kappa shape index (κ2) is 15.8. The first-order valence-electron chi connectivity index (χ1n) is 22.9. The molecule has 0 aliphatic carbocycles. The van der Waals surface area contributed by atoms with Crippen LogP contribution in [0.4, 0.5) is 16.4 Å². The molecule has 6 heteroatoms. The van der Waals surface area contributed by atoms with Crippen LogP contribution in [-0.2, 0) is 0 Å². The Bertz CT molecular complexity index is 4090. The molecular formula is C62H39N3S3. The molecule has 14 rings (SSSR count). The molecule has 0 atom stereocenters. The van der Waals surface area contributed by atoms with Crippen LogP contribution in [0.1, 0.15) is 0 Å². The average Bonchev–Trinajstić information content (AvgIpc) is 4.23. The first-order chi connectivity index (χ1) is 33.7. The number of fused-ring (bicyclic) bond motifs is 9. The van der Waals surface area contributed by atoms with Crippen LogP contribution >= 0.6 is 34.0 Å². The summed E-state index contributed by atoms with van der Waals surface area (Å²) < 4.78 is 10.3. The molecule has 0 radical (unpaired) electrons. The first kappa shape index (κ1) is 39.2. The van der Waals surface area contributed by atoms with Crippen molar-refractivity contribution in [2.75, 3.05) is 4.90 Å². The van der Waals surface area contributed by atoms with Gasteiger partial charge in [-0.3, -0.25) is 0 Å². The molecule has 0 spiro atoms. The summed E-state index contributed by atoms with van der Waals surface area (Å²) in [5.41, 5.74) is 15.5. The van der Waals surface area contributed by atoms with Gasteiger partial charge in [-0.15, -0.1) is 34.0 Å². The molecule has 3 nitrogen and oxygen atoms in total. The summed E-state index contributed by atoms with van der Waals surface area (Å²) in [4.78, 5) is 3.72. The van der Waals surface area contributed by atoms with E-state index in [1.54, 1.807) is 0 Å². The lowest BCUT2D eigenvalue weighted by atomic mass is 10.0. The molecule has 0 saturated carbocycles. The fourth-order valence-electron chi connectivity index (χ4n) is 10.1. The lowest BCUT2D eigenvalue weighted by molar-refractivity contribution is 1.16. The van der Waals surface area contributed by atoms with Gasteiger partial charge in [0.2, 0.25) is 0 Å². The van der Waals surface area contributed by atoms with Crippen molar-refractivity contribution in [3.8, 4) is 44.1 Å². The van der Waals surface area contributed by atoms with Gasteiger partial charge in [0.15, 0.2) is 0 Å². The lowest BCUT2D eigenvalue weighted by Crippen LogP contribution is -2.08. The van der Waals surface area contributed by atoms with Gasteiger partial charge in [-0.1, -0.05) is 176 Å². The molecule has 0 bridgehead atoms. The molecule has 320 valence electrons. The third-order valence-corrected chi connectivity index (χ3v) is 17.1. The number of nitrogens with zero attached hydrogens (tertiary/aromatic N) is 3. The average molecular weight is 922 g/mol. The van der Waals surface area contributed by atoms with Gasteiger partial charge in [0, 0.05) is 27.6 Å². The minimum absolute atomic E-state index is 1.11. The van der Waals surface area contributed by atoms with E-state index >= 15 is 0 Å². The van der Waals surface area contributed by atoms with Crippen LogP contribution in [0.5, 0.6) is 0 Å². The summed E-state index contributed by atoms with van der Waals surface area (Å²) in [5.74, 6) is 0. The van der Waals surface area contributed by atoms with E-state index in [0.717, 1.165) is 22.1 Å². The highest BCUT2D eigenvalue weighted by atomic mass is 32.1. The van der Waals surface area contributed by atoms with E-state index in [1.807, 2.05) is 34.0 Å². The van der Waals surface area contributed by atoms with E-state index < -0.39 is 0 Å². The molecule has 9 aromatic carbocycles. The van der Waals surface area contributed by atoms with Crippen LogP contribution in [0.3, 0.4) is 0 Å². The summed E-state index contributed by atoms with van der Waals surface area (Å²) in [7, 11) is 0. The molecule has 0 unspecified atom stereocenters. The number of hydrogen-bond acceptors (Lipinski definition) is 4. The zero-order valence-corrected chi connectivity index (χ0v) is 39.0. The third kappa shape index (κ3) is 6.37. The molecule has 0 fully saturated rings. The normalized spacial score (nSPS) is 11.8. The smallest absolute Gasteiger partial charge is 0.103 e. The zero-order valence-electron chi connectivity index (χ0n) is 36.6. The Morgan fingerprint density at radius 1 is 0.294 bits per heavy atom. The van der Waals surface area contributed by atoms with E-state index in [-0.39, 0.29) is 0 Å². The predicted molar refractivity (Wildman–Crippen MR) is 295 cm³/mol. The SMILES string of the molecule is c1ccc(-c2ccc(N(c3ccc(-c4ccccc4)cc3)c3cc4c(s3)c3sc5c6sc(-c7ccccc7)cc6n(-c6ccc7ccccc7c6)c5c3n4-c3ccc4ccccc4c3)cc2)cc1. The maximum Gasteiger partial charge on any atom is 0.103 e. The fourth-order valence-corrected chi connectivity index (χ4v) is 14.0. The van der Waals surface area contributed by atoms with Gasteiger partial charge in [0.1, 0.15) is 5.00 Å². The van der Waals surface area contributed by atoms with Crippen molar-refractivity contribution in [2.24, 2.45) is 0 Å². The number of rotatable bonds is 8. The summed E-state index contributed by atoms with van der Waals surface area (Å²) in [6.45, 7) is 0. The Balaban J connectivity index is 1.04. The Kier molecular flexibility index (Phi) is 9.12. The van der Waals surface area contributed by atoms with Gasteiger partial charge >= 0.3 is 0 Å². The van der Waals surface area contributed by atoms with E-state index in [1.165, 1.54) is 101 Å². The maximum absolute atomic E-state index is 2.56. The van der Waals surface area contributed by atoms with Crippen LogP contribution in [0.15, 0.2) is 237 Å². The molecule has 0 N–H and O–H groups in total. The van der Waals surface area contributed by atoms with Crippen LogP contribution < -0.4 is 4.90 Å². The molecule has 0 amide bonds. The highest BCUT2D eigenvalue weighted by Crippen LogP contribution is 2.54. The fraction of sp³-hybridized carbons (Fsp3) is 0. The van der Waals surface area contributed by atoms with Gasteiger partial charge < -0.3 is 14.0 Å². The number of aromatic nitrogens is 2. The highest BCUT2D eigenvalue weighted by Gasteiger charge is 2.29. The van der Waals surface area contributed by atoms with Crippen LogP contribution in [-0.4, -0.2) is 9.13 Å². The van der Waals surface area contributed by atoms with Crippen molar-refractivity contribution in [2.45, 2.75) is 0 Å². The predicted octanol–water partition coefficient (Wildman–Crippen LogP) is 18.8. The van der Waals surface area contributed by atoms with Gasteiger partial charge in [0.25, 0.3) is 0 Å². The summed E-state index contributed by atoms with van der Waals surface area (Å²) >= 11 is 5.73. The van der Waals surface area contributed by atoms with Crippen molar-refractivity contribution >= 4 is 113 Å².